The molecule has 1 rings (SSSR count). The Balaban J connectivity index is 2.31. The lowest BCUT2D eigenvalue weighted by atomic mass is 10.2. The van der Waals surface area contributed by atoms with Crippen LogP contribution in [0.3, 0.4) is 0 Å². The maximum Gasteiger partial charge on any atom is 0.222 e. The smallest absolute Gasteiger partial charge is 0.222 e. The normalized spacial score (nSPS) is 24.2. The maximum absolute atomic E-state index is 11.3. The van der Waals surface area contributed by atoms with E-state index in [1.165, 1.54) is 6.42 Å². The van der Waals surface area contributed by atoms with Crippen molar-refractivity contribution in [1.29, 1.82) is 0 Å². The molecule has 0 spiro atoms. The van der Waals surface area contributed by atoms with E-state index in [-0.39, 0.29) is 0 Å². The topological polar surface area (TPSA) is 20.3 Å². The van der Waals surface area contributed by atoms with Crippen LogP contribution in [-0.2, 0) is 4.79 Å². The number of likely N-dealkylation sites (tertiary alicyclic amines) is 1. The van der Waals surface area contributed by atoms with Crippen molar-refractivity contribution in [3.8, 4) is 0 Å². The summed E-state index contributed by atoms with van der Waals surface area (Å²) in [5.41, 5.74) is 0. The largest absolute Gasteiger partial charge is 0.342 e. The summed E-state index contributed by atoms with van der Waals surface area (Å²) in [7, 11) is 0. The van der Waals surface area contributed by atoms with Gasteiger partial charge in [-0.3, -0.25) is 4.79 Å². The predicted molar refractivity (Wildman–Crippen MR) is 45.3 cm³/mol. The van der Waals surface area contributed by atoms with Crippen LogP contribution in [0.15, 0.2) is 0 Å². The lowest BCUT2D eigenvalue weighted by Crippen LogP contribution is -2.27. The molecule has 0 saturated carbocycles. The highest BCUT2D eigenvalue weighted by Gasteiger charge is 2.21. The van der Waals surface area contributed by atoms with E-state index in [2.05, 4.69) is 13.8 Å². The maximum atomic E-state index is 11.3. The van der Waals surface area contributed by atoms with Crippen LogP contribution in [0.5, 0.6) is 0 Å². The first-order valence-corrected chi connectivity index (χ1v) is 4.51. The molecule has 11 heavy (non-hydrogen) atoms. The fourth-order valence-electron chi connectivity index (χ4n) is 1.53. The van der Waals surface area contributed by atoms with E-state index in [1.54, 1.807) is 0 Å². The monoisotopic (exact) mass is 155 g/mol. The van der Waals surface area contributed by atoms with Gasteiger partial charge in [-0.1, -0.05) is 13.8 Å². The molecule has 0 bridgehead atoms. The summed E-state index contributed by atoms with van der Waals surface area (Å²) >= 11 is 0. The van der Waals surface area contributed by atoms with Crippen molar-refractivity contribution in [2.45, 2.75) is 33.1 Å². The fraction of sp³-hybridized carbons (Fsp3) is 0.889. The second-order valence-corrected chi connectivity index (χ2v) is 3.48. The van der Waals surface area contributed by atoms with Crippen LogP contribution in [-0.4, -0.2) is 23.9 Å². The van der Waals surface area contributed by atoms with Gasteiger partial charge in [-0.25, -0.2) is 0 Å². The highest BCUT2D eigenvalue weighted by molar-refractivity contribution is 5.76. The molecular formula is C9H17NO. The molecule has 1 saturated heterocycles. The molecule has 0 aromatic heterocycles. The van der Waals surface area contributed by atoms with Crippen molar-refractivity contribution in [3.05, 3.63) is 0 Å². The molecule has 0 radical (unpaired) electrons. The quantitative estimate of drug-likeness (QED) is 0.594. The van der Waals surface area contributed by atoms with Crippen LogP contribution in [0.25, 0.3) is 0 Å². The first kappa shape index (κ1) is 8.57. The van der Waals surface area contributed by atoms with Gasteiger partial charge in [0.2, 0.25) is 5.91 Å². The van der Waals surface area contributed by atoms with Gasteiger partial charge < -0.3 is 4.90 Å². The van der Waals surface area contributed by atoms with Crippen molar-refractivity contribution in [3.63, 3.8) is 0 Å². The average molecular weight is 155 g/mol. The zero-order chi connectivity index (χ0) is 8.27. The molecule has 1 aliphatic rings. The van der Waals surface area contributed by atoms with E-state index in [9.17, 15) is 4.79 Å². The Morgan fingerprint density at radius 1 is 1.64 bits per heavy atom. The number of carbonyl (C=O) groups excluding carboxylic acids is 1. The molecule has 1 unspecified atom stereocenters. The van der Waals surface area contributed by atoms with Crippen molar-refractivity contribution in [2.75, 3.05) is 13.1 Å². The molecule has 1 fully saturated rings. The van der Waals surface area contributed by atoms with Gasteiger partial charge in [0.1, 0.15) is 0 Å². The molecule has 1 amide bonds. The number of hydrogen-bond acceptors (Lipinski definition) is 1. The van der Waals surface area contributed by atoms with Gasteiger partial charge in [0.05, 0.1) is 0 Å². The van der Waals surface area contributed by atoms with Crippen LogP contribution in [0.1, 0.15) is 33.1 Å². The number of nitrogens with zero attached hydrogens (tertiary/aromatic N) is 1. The van der Waals surface area contributed by atoms with E-state index in [1.807, 2.05) is 4.90 Å². The van der Waals surface area contributed by atoms with E-state index in [0.717, 1.165) is 31.8 Å². The first-order chi connectivity index (χ1) is 5.24. The van der Waals surface area contributed by atoms with Gasteiger partial charge in [0, 0.05) is 19.5 Å². The van der Waals surface area contributed by atoms with Crippen LogP contribution in [0.2, 0.25) is 0 Å². The summed E-state index contributed by atoms with van der Waals surface area (Å²) in [4.78, 5) is 13.3. The van der Waals surface area contributed by atoms with Gasteiger partial charge in [0.15, 0.2) is 0 Å². The third kappa shape index (κ3) is 2.21. The number of rotatable bonds is 2. The lowest BCUT2D eigenvalue weighted by molar-refractivity contribution is -0.130. The third-order valence-corrected chi connectivity index (χ3v) is 2.24. The van der Waals surface area contributed by atoms with Crippen LogP contribution in [0.4, 0.5) is 0 Å². The number of carbonyl (C=O) groups is 1. The molecule has 2 heteroatoms. The molecule has 0 aromatic carbocycles. The Bertz CT molecular complexity index is 144. The van der Waals surface area contributed by atoms with Gasteiger partial charge >= 0.3 is 0 Å². The molecule has 0 N–H and O–H groups in total. The Morgan fingerprint density at radius 2 is 2.36 bits per heavy atom. The SMILES string of the molecule is CCCC(=O)N1CCC(C)C1. The second kappa shape index (κ2) is 3.74. The molecule has 2 nitrogen and oxygen atoms in total. The average Bonchev–Trinajstić information content (AvgIpc) is 2.36. The Hall–Kier alpha value is -0.530. The molecule has 0 aromatic rings. The summed E-state index contributed by atoms with van der Waals surface area (Å²) in [6, 6.07) is 0. The number of hydrogen-bond donors (Lipinski definition) is 0. The van der Waals surface area contributed by atoms with Gasteiger partial charge in [-0.2, -0.15) is 0 Å². The summed E-state index contributed by atoms with van der Waals surface area (Å²) in [6.07, 6.45) is 2.89. The second-order valence-electron chi connectivity index (χ2n) is 3.48. The van der Waals surface area contributed by atoms with Crippen molar-refractivity contribution >= 4 is 5.91 Å². The molecule has 0 aliphatic carbocycles. The summed E-state index contributed by atoms with van der Waals surface area (Å²) in [6.45, 7) is 6.23. The number of amides is 1. The zero-order valence-electron chi connectivity index (χ0n) is 7.47. The van der Waals surface area contributed by atoms with Crippen molar-refractivity contribution in [1.82, 2.24) is 4.90 Å². The van der Waals surface area contributed by atoms with Gasteiger partial charge in [-0.05, 0) is 18.8 Å². The Kier molecular flexibility index (Phi) is 2.92. The summed E-state index contributed by atoms with van der Waals surface area (Å²) < 4.78 is 0. The van der Waals surface area contributed by atoms with Crippen LogP contribution < -0.4 is 0 Å². The minimum absolute atomic E-state index is 0.344. The van der Waals surface area contributed by atoms with Crippen molar-refractivity contribution in [2.24, 2.45) is 5.92 Å². The molecule has 64 valence electrons. The molecule has 1 atom stereocenters. The van der Waals surface area contributed by atoms with E-state index >= 15 is 0 Å². The van der Waals surface area contributed by atoms with E-state index in [4.69, 9.17) is 0 Å². The first-order valence-electron chi connectivity index (χ1n) is 4.51. The third-order valence-electron chi connectivity index (χ3n) is 2.24. The van der Waals surface area contributed by atoms with Crippen molar-refractivity contribution < 1.29 is 4.79 Å². The van der Waals surface area contributed by atoms with Gasteiger partial charge in [0.25, 0.3) is 0 Å². The standard InChI is InChI=1S/C9H17NO/c1-3-4-9(11)10-6-5-8(2)7-10/h8H,3-7H2,1-2H3. The molecular weight excluding hydrogens is 138 g/mol. The van der Waals surface area contributed by atoms with Gasteiger partial charge in [-0.15, -0.1) is 0 Å². The fourth-order valence-corrected chi connectivity index (χ4v) is 1.53. The Labute approximate surface area is 68.6 Å². The molecule has 1 heterocycles. The van der Waals surface area contributed by atoms with E-state index < -0.39 is 0 Å². The lowest BCUT2D eigenvalue weighted by Gasteiger charge is -2.14. The van der Waals surface area contributed by atoms with Crippen LogP contribution in [0, 0.1) is 5.92 Å². The summed E-state index contributed by atoms with van der Waals surface area (Å²) in [5, 5.41) is 0. The Morgan fingerprint density at radius 3 is 2.82 bits per heavy atom. The summed E-state index contributed by atoms with van der Waals surface area (Å²) in [5.74, 6) is 1.06. The van der Waals surface area contributed by atoms with E-state index in [0.29, 0.717) is 5.91 Å². The zero-order valence-corrected chi connectivity index (χ0v) is 7.47. The molecule has 1 aliphatic heterocycles. The van der Waals surface area contributed by atoms with Crippen LogP contribution >= 0.6 is 0 Å². The highest BCUT2D eigenvalue weighted by atomic mass is 16.2. The predicted octanol–water partition coefficient (Wildman–Crippen LogP) is 1.65. The highest BCUT2D eigenvalue weighted by Crippen LogP contribution is 2.15. The minimum Gasteiger partial charge on any atom is -0.342 e. The minimum atomic E-state index is 0.344.